The van der Waals surface area contributed by atoms with Gasteiger partial charge in [-0.25, -0.2) is 0 Å². The number of ether oxygens (including phenoxy) is 2. The maximum atomic E-state index is 9.00. The molecule has 0 spiro atoms. The molecule has 0 aliphatic heterocycles. The third-order valence-corrected chi connectivity index (χ3v) is 2.59. The summed E-state index contributed by atoms with van der Waals surface area (Å²) in [7, 11) is 3.05. The number of anilines is 1. The van der Waals surface area contributed by atoms with Crippen LogP contribution in [0.2, 0.25) is 0 Å². The van der Waals surface area contributed by atoms with Gasteiger partial charge in [0, 0.05) is 13.2 Å². The van der Waals surface area contributed by atoms with Crippen LogP contribution in [0.25, 0.3) is 0 Å². The van der Waals surface area contributed by atoms with E-state index in [1.54, 1.807) is 0 Å². The van der Waals surface area contributed by atoms with E-state index in [0.717, 1.165) is 11.1 Å². The minimum absolute atomic E-state index is 0.0146. The molecule has 0 radical (unpaired) electrons. The van der Waals surface area contributed by atoms with Crippen LogP contribution in [0, 0.1) is 0 Å². The third kappa shape index (κ3) is 2.81. The second-order valence-corrected chi connectivity index (χ2v) is 3.62. The molecule has 17 heavy (non-hydrogen) atoms. The van der Waals surface area contributed by atoms with E-state index in [1.807, 2.05) is 6.07 Å². The summed E-state index contributed by atoms with van der Waals surface area (Å²) in [6.45, 7) is 0.0292. The predicted molar refractivity (Wildman–Crippen MR) is 65.5 cm³/mol. The van der Waals surface area contributed by atoms with E-state index in [9.17, 15) is 0 Å². The third-order valence-electron chi connectivity index (χ3n) is 2.59. The lowest BCUT2D eigenvalue weighted by Gasteiger charge is -2.17. The van der Waals surface area contributed by atoms with Gasteiger partial charge in [0.25, 0.3) is 0 Å². The summed E-state index contributed by atoms with van der Waals surface area (Å²) in [5.74, 6) is 1.05. The first-order chi connectivity index (χ1) is 8.19. The summed E-state index contributed by atoms with van der Waals surface area (Å²) in [4.78, 5) is 0. The van der Waals surface area contributed by atoms with Gasteiger partial charge in [-0.1, -0.05) is 0 Å². The fraction of sp³-hybridized carbons (Fsp3) is 0.500. The highest BCUT2D eigenvalue weighted by Gasteiger charge is 2.16. The molecule has 96 valence electrons. The molecule has 5 heteroatoms. The molecular formula is C12H19NO4. The van der Waals surface area contributed by atoms with Crippen LogP contribution in [-0.2, 0) is 12.8 Å². The molecule has 5 nitrogen and oxygen atoms in total. The second-order valence-electron chi connectivity index (χ2n) is 3.62. The summed E-state index contributed by atoms with van der Waals surface area (Å²) in [5.41, 5.74) is 7.99. The lowest BCUT2D eigenvalue weighted by molar-refractivity contribution is 0.294. The quantitative estimate of drug-likeness (QED) is 0.626. The average molecular weight is 241 g/mol. The first kappa shape index (κ1) is 13.6. The van der Waals surface area contributed by atoms with E-state index in [0.29, 0.717) is 30.0 Å². The molecule has 0 aromatic heterocycles. The standard InChI is InChI=1S/C12H19NO4/c1-16-11-8(3-5-14)7-9(4-6-15)12(17-2)10(11)13/h7,14-15H,3-6,13H2,1-2H3. The highest BCUT2D eigenvalue weighted by Crippen LogP contribution is 2.38. The van der Waals surface area contributed by atoms with E-state index < -0.39 is 0 Å². The monoisotopic (exact) mass is 241 g/mol. The van der Waals surface area contributed by atoms with Crippen molar-refractivity contribution in [3.8, 4) is 11.5 Å². The Morgan fingerprint density at radius 3 is 1.71 bits per heavy atom. The zero-order valence-electron chi connectivity index (χ0n) is 10.2. The Kier molecular flexibility index (Phi) is 5.06. The Labute approximate surface area is 101 Å². The van der Waals surface area contributed by atoms with Crippen molar-refractivity contribution in [2.45, 2.75) is 12.8 Å². The van der Waals surface area contributed by atoms with E-state index in [-0.39, 0.29) is 13.2 Å². The average Bonchev–Trinajstić information content (AvgIpc) is 2.30. The Morgan fingerprint density at radius 1 is 1.00 bits per heavy atom. The lowest BCUT2D eigenvalue weighted by Crippen LogP contribution is -2.06. The van der Waals surface area contributed by atoms with Crippen molar-refractivity contribution >= 4 is 5.69 Å². The number of hydrogen-bond donors (Lipinski definition) is 3. The van der Waals surface area contributed by atoms with Crippen LogP contribution in [0.5, 0.6) is 11.5 Å². The van der Waals surface area contributed by atoms with Crippen LogP contribution < -0.4 is 15.2 Å². The van der Waals surface area contributed by atoms with Gasteiger partial charge in [0.05, 0.1) is 14.2 Å². The predicted octanol–water partition coefficient (Wildman–Crippen LogP) is 0.356. The van der Waals surface area contributed by atoms with Crippen LogP contribution >= 0.6 is 0 Å². The highest BCUT2D eigenvalue weighted by atomic mass is 16.5. The van der Waals surface area contributed by atoms with Crippen LogP contribution in [0.4, 0.5) is 5.69 Å². The molecule has 0 atom stereocenters. The summed E-state index contributed by atoms with van der Waals surface area (Å²) < 4.78 is 10.5. The molecule has 0 aliphatic carbocycles. The number of nitrogens with two attached hydrogens (primary N) is 1. The summed E-state index contributed by atoms with van der Waals surface area (Å²) >= 11 is 0. The topological polar surface area (TPSA) is 84.9 Å². The van der Waals surface area contributed by atoms with Gasteiger partial charge in [-0.05, 0) is 30.0 Å². The SMILES string of the molecule is COc1c(CCO)cc(CCO)c(OC)c1N. The highest BCUT2D eigenvalue weighted by molar-refractivity contribution is 5.69. The normalized spacial score (nSPS) is 10.4. The summed E-state index contributed by atoms with van der Waals surface area (Å²) in [6, 6.07) is 1.85. The van der Waals surface area contributed by atoms with Gasteiger partial charge in [-0.3, -0.25) is 0 Å². The fourth-order valence-electron chi connectivity index (χ4n) is 1.88. The molecule has 0 unspecified atom stereocenters. The number of benzene rings is 1. The van der Waals surface area contributed by atoms with Crippen molar-refractivity contribution in [3.05, 3.63) is 17.2 Å². The zero-order chi connectivity index (χ0) is 12.8. The number of nitrogen functional groups attached to an aromatic ring is 1. The van der Waals surface area contributed by atoms with Gasteiger partial charge < -0.3 is 25.4 Å². The maximum Gasteiger partial charge on any atom is 0.148 e. The van der Waals surface area contributed by atoms with Crippen molar-refractivity contribution in [2.75, 3.05) is 33.2 Å². The van der Waals surface area contributed by atoms with Gasteiger partial charge in [-0.2, -0.15) is 0 Å². The molecule has 0 bridgehead atoms. The van der Waals surface area contributed by atoms with E-state index >= 15 is 0 Å². The van der Waals surface area contributed by atoms with Gasteiger partial charge in [0.2, 0.25) is 0 Å². The lowest BCUT2D eigenvalue weighted by atomic mass is 10.0. The van der Waals surface area contributed by atoms with Crippen LogP contribution in [-0.4, -0.2) is 37.6 Å². The summed E-state index contributed by atoms with van der Waals surface area (Å²) in [5, 5.41) is 18.0. The number of aliphatic hydroxyl groups is 2. The van der Waals surface area contributed by atoms with Crippen LogP contribution in [0.3, 0.4) is 0 Å². The maximum absolute atomic E-state index is 9.00. The van der Waals surface area contributed by atoms with Gasteiger partial charge in [-0.15, -0.1) is 0 Å². The van der Waals surface area contributed by atoms with Crippen molar-refractivity contribution in [3.63, 3.8) is 0 Å². The summed E-state index contributed by atoms with van der Waals surface area (Å²) in [6.07, 6.45) is 0.908. The molecular weight excluding hydrogens is 222 g/mol. The van der Waals surface area contributed by atoms with Crippen LogP contribution in [0.1, 0.15) is 11.1 Å². The molecule has 0 amide bonds. The minimum Gasteiger partial charge on any atom is -0.494 e. The molecule has 0 fully saturated rings. The largest absolute Gasteiger partial charge is 0.494 e. The zero-order valence-corrected chi connectivity index (χ0v) is 10.2. The van der Waals surface area contributed by atoms with Gasteiger partial charge in [0.15, 0.2) is 0 Å². The van der Waals surface area contributed by atoms with E-state index in [4.69, 9.17) is 25.4 Å². The molecule has 1 aromatic rings. The van der Waals surface area contributed by atoms with Crippen molar-refractivity contribution < 1.29 is 19.7 Å². The molecule has 0 saturated carbocycles. The van der Waals surface area contributed by atoms with Crippen LogP contribution in [0.15, 0.2) is 6.07 Å². The molecule has 4 N–H and O–H groups in total. The first-order valence-corrected chi connectivity index (χ1v) is 5.43. The molecule has 0 heterocycles. The Balaban J connectivity index is 3.31. The van der Waals surface area contributed by atoms with Gasteiger partial charge in [0.1, 0.15) is 17.2 Å². The number of hydrogen-bond acceptors (Lipinski definition) is 5. The molecule has 0 saturated heterocycles. The Morgan fingerprint density at radius 2 is 1.41 bits per heavy atom. The van der Waals surface area contributed by atoms with Crippen molar-refractivity contribution in [1.82, 2.24) is 0 Å². The van der Waals surface area contributed by atoms with Crippen molar-refractivity contribution in [2.24, 2.45) is 0 Å². The minimum atomic E-state index is 0.0146. The molecule has 1 rings (SSSR count). The second kappa shape index (κ2) is 6.32. The van der Waals surface area contributed by atoms with Crippen molar-refractivity contribution in [1.29, 1.82) is 0 Å². The van der Waals surface area contributed by atoms with Gasteiger partial charge >= 0.3 is 0 Å². The fourth-order valence-corrected chi connectivity index (χ4v) is 1.88. The van der Waals surface area contributed by atoms with E-state index in [2.05, 4.69) is 0 Å². The smallest absolute Gasteiger partial charge is 0.148 e. The Hall–Kier alpha value is -1.46. The number of aliphatic hydroxyl groups excluding tert-OH is 2. The Bertz CT molecular complexity index is 347. The molecule has 1 aromatic carbocycles. The van der Waals surface area contributed by atoms with E-state index in [1.165, 1.54) is 14.2 Å². The number of rotatable bonds is 6. The number of methoxy groups -OCH3 is 2. The molecule has 0 aliphatic rings. The first-order valence-electron chi connectivity index (χ1n) is 5.43.